The van der Waals surface area contributed by atoms with Gasteiger partial charge in [0.05, 0.1) is 17.6 Å². The third kappa shape index (κ3) is 4.98. The highest BCUT2D eigenvalue weighted by atomic mass is 19.1. The Morgan fingerprint density at radius 1 is 0.846 bits per heavy atom. The fourth-order valence-corrected chi connectivity index (χ4v) is 6.09. The van der Waals surface area contributed by atoms with Gasteiger partial charge in [-0.2, -0.15) is 0 Å². The number of amides is 1. The predicted octanol–water partition coefficient (Wildman–Crippen LogP) is 5.41. The van der Waals surface area contributed by atoms with Crippen LogP contribution in [-0.2, 0) is 11.3 Å². The molecule has 0 spiro atoms. The molecule has 2 aliphatic heterocycles. The van der Waals surface area contributed by atoms with E-state index < -0.39 is 0 Å². The monoisotopic (exact) mass is 525 g/mol. The average Bonchev–Trinajstić information content (AvgIpc) is 3.34. The number of halogens is 1. The van der Waals surface area contributed by atoms with Crippen LogP contribution in [0, 0.1) is 25.6 Å². The summed E-state index contributed by atoms with van der Waals surface area (Å²) in [4.78, 5) is 25.2. The minimum absolute atomic E-state index is 0.0397. The normalized spacial score (nSPS) is 16.7. The number of rotatable bonds is 5. The summed E-state index contributed by atoms with van der Waals surface area (Å²) < 4.78 is 16.7. The molecular formula is C32H36FN5O. The number of nitrogens with zero attached hydrogens (tertiary/aromatic N) is 5. The zero-order valence-electron chi connectivity index (χ0n) is 22.8. The highest BCUT2D eigenvalue weighted by molar-refractivity contribution is 5.81. The molecule has 3 aromatic carbocycles. The predicted molar refractivity (Wildman–Crippen MR) is 155 cm³/mol. The number of carbonyl (C=O) groups excluding carboxylic acids is 1. The van der Waals surface area contributed by atoms with E-state index in [-0.39, 0.29) is 17.6 Å². The van der Waals surface area contributed by atoms with Crippen molar-refractivity contribution >= 4 is 28.6 Å². The highest BCUT2D eigenvalue weighted by Crippen LogP contribution is 2.30. The van der Waals surface area contributed by atoms with Gasteiger partial charge >= 0.3 is 0 Å². The summed E-state index contributed by atoms with van der Waals surface area (Å²) in [7, 11) is 0. The summed E-state index contributed by atoms with van der Waals surface area (Å²) in [6.07, 6.45) is 1.61. The number of imidazole rings is 1. The molecule has 7 heteroatoms. The van der Waals surface area contributed by atoms with E-state index >= 15 is 0 Å². The quantitative estimate of drug-likeness (QED) is 0.350. The first-order chi connectivity index (χ1) is 19.0. The first-order valence-electron chi connectivity index (χ1n) is 14.0. The number of benzene rings is 3. The van der Waals surface area contributed by atoms with Crippen LogP contribution >= 0.6 is 0 Å². The molecule has 0 N–H and O–H groups in total. The summed E-state index contributed by atoms with van der Waals surface area (Å²) in [5.74, 6) is 0.976. The van der Waals surface area contributed by atoms with Crippen LogP contribution in [0.1, 0.15) is 29.5 Å². The van der Waals surface area contributed by atoms with E-state index in [1.807, 2.05) is 36.4 Å². The van der Waals surface area contributed by atoms with Gasteiger partial charge in [0, 0.05) is 56.4 Å². The lowest BCUT2D eigenvalue weighted by Crippen LogP contribution is -2.52. The number of hydrogen-bond acceptors (Lipinski definition) is 4. The summed E-state index contributed by atoms with van der Waals surface area (Å²) >= 11 is 0. The number of piperidine rings is 1. The van der Waals surface area contributed by atoms with Crippen molar-refractivity contribution in [1.29, 1.82) is 0 Å². The van der Waals surface area contributed by atoms with E-state index in [4.69, 9.17) is 4.98 Å². The fraction of sp³-hybridized carbons (Fsp3) is 0.375. The number of para-hydroxylation sites is 2. The third-order valence-corrected chi connectivity index (χ3v) is 8.56. The van der Waals surface area contributed by atoms with E-state index in [9.17, 15) is 9.18 Å². The van der Waals surface area contributed by atoms with Crippen molar-refractivity contribution in [1.82, 2.24) is 14.5 Å². The van der Waals surface area contributed by atoms with Crippen molar-refractivity contribution in [2.75, 3.05) is 49.1 Å². The molecule has 0 saturated carbocycles. The van der Waals surface area contributed by atoms with Crippen molar-refractivity contribution in [2.45, 2.75) is 33.2 Å². The summed E-state index contributed by atoms with van der Waals surface area (Å²) in [6.45, 7) is 9.56. The number of fused-ring (bicyclic) bond motifs is 1. The molecular weight excluding hydrogens is 489 g/mol. The van der Waals surface area contributed by atoms with Crippen LogP contribution in [0.5, 0.6) is 0 Å². The molecule has 0 bridgehead atoms. The lowest BCUT2D eigenvalue weighted by atomic mass is 9.95. The van der Waals surface area contributed by atoms with Gasteiger partial charge in [0.1, 0.15) is 5.82 Å². The molecule has 0 unspecified atom stereocenters. The molecule has 1 aromatic heterocycles. The lowest BCUT2D eigenvalue weighted by molar-refractivity contribution is -0.136. The van der Waals surface area contributed by atoms with Crippen LogP contribution in [0.15, 0.2) is 66.7 Å². The van der Waals surface area contributed by atoms with Crippen molar-refractivity contribution in [3.8, 4) is 0 Å². The zero-order chi connectivity index (χ0) is 26.9. The Kier molecular flexibility index (Phi) is 6.98. The van der Waals surface area contributed by atoms with Gasteiger partial charge < -0.3 is 19.3 Å². The molecule has 0 radical (unpaired) electrons. The summed E-state index contributed by atoms with van der Waals surface area (Å²) in [5.41, 5.74) is 6.46. The van der Waals surface area contributed by atoms with Crippen molar-refractivity contribution < 1.29 is 9.18 Å². The molecule has 3 heterocycles. The highest BCUT2D eigenvalue weighted by Gasteiger charge is 2.32. The fourth-order valence-electron chi connectivity index (χ4n) is 6.09. The second-order valence-electron chi connectivity index (χ2n) is 10.9. The van der Waals surface area contributed by atoms with Crippen LogP contribution in [0.25, 0.3) is 11.0 Å². The molecule has 1 amide bonds. The lowest BCUT2D eigenvalue weighted by Gasteiger charge is -2.40. The van der Waals surface area contributed by atoms with Gasteiger partial charge in [-0.15, -0.1) is 0 Å². The van der Waals surface area contributed by atoms with E-state index in [1.54, 1.807) is 6.07 Å². The van der Waals surface area contributed by atoms with Gasteiger partial charge in [-0.3, -0.25) is 4.79 Å². The topological polar surface area (TPSA) is 44.6 Å². The van der Waals surface area contributed by atoms with E-state index in [0.29, 0.717) is 12.1 Å². The first kappa shape index (κ1) is 25.4. The smallest absolute Gasteiger partial charge is 0.225 e. The van der Waals surface area contributed by atoms with Crippen LogP contribution in [0.3, 0.4) is 0 Å². The number of aromatic nitrogens is 2. The molecule has 0 atom stereocenters. The van der Waals surface area contributed by atoms with Gasteiger partial charge in [0.15, 0.2) is 0 Å². The van der Waals surface area contributed by atoms with Crippen LogP contribution in [0.2, 0.25) is 0 Å². The molecule has 2 saturated heterocycles. The number of hydrogen-bond donors (Lipinski definition) is 0. The van der Waals surface area contributed by atoms with Crippen molar-refractivity contribution in [3.63, 3.8) is 0 Å². The molecule has 2 aliphatic rings. The van der Waals surface area contributed by atoms with E-state index in [2.05, 4.69) is 51.3 Å². The molecule has 4 aromatic rings. The maximum atomic E-state index is 14.5. The minimum atomic E-state index is -0.205. The SMILES string of the molecule is Cc1cccc(N2CCN(C(=O)C3CCN(c4nc5ccccc5n4Cc4ccccc4F)CC3)CC2)c1C. The maximum absolute atomic E-state index is 14.5. The minimum Gasteiger partial charge on any atom is -0.368 e. The first-order valence-corrected chi connectivity index (χ1v) is 14.0. The van der Waals surface area contributed by atoms with Gasteiger partial charge in [-0.25, -0.2) is 9.37 Å². The Morgan fingerprint density at radius 3 is 2.33 bits per heavy atom. The molecule has 39 heavy (non-hydrogen) atoms. The second-order valence-corrected chi connectivity index (χ2v) is 10.9. The second kappa shape index (κ2) is 10.7. The van der Waals surface area contributed by atoms with E-state index in [1.165, 1.54) is 22.9 Å². The summed E-state index contributed by atoms with van der Waals surface area (Å²) in [5, 5.41) is 0. The number of aryl methyl sites for hydroxylation is 1. The van der Waals surface area contributed by atoms with Crippen LogP contribution in [-0.4, -0.2) is 59.6 Å². The number of anilines is 2. The van der Waals surface area contributed by atoms with Gasteiger partial charge in [0.2, 0.25) is 11.9 Å². The largest absolute Gasteiger partial charge is 0.368 e. The van der Waals surface area contributed by atoms with Crippen LogP contribution < -0.4 is 9.80 Å². The Morgan fingerprint density at radius 2 is 1.56 bits per heavy atom. The standard InChI is InChI=1S/C32H36FN5O/c1-23-8-7-13-29(24(23)2)35-18-20-36(21-19-35)31(39)25-14-16-37(17-15-25)32-34-28-11-5-6-12-30(28)38(32)22-26-9-3-4-10-27(26)33/h3-13,25H,14-22H2,1-2H3. The molecule has 202 valence electrons. The van der Waals surface area contributed by atoms with E-state index in [0.717, 1.165) is 69.1 Å². The van der Waals surface area contributed by atoms with Crippen molar-refractivity contribution in [3.05, 3.63) is 89.2 Å². The van der Waals surface area contributed by atoms with Gasteiger partial charge in [-0.1, -0.05) is 42.5 Å². The number of carbonyl (C=O) groups is 1. The summed E-state index contributed by atoms with van der Waals surface area (Å²) in [6, 6.07) is 21.4. The molecule has 6 rings (SSSR count). The average molecular weight is 526 g/mol. The molecule has 2 fully saturated rings. The third-order valence-electron chi connectivity index (χ3n) is 8.56. The van der Waals surface area contributed by atoms with Gasteiger partial charge in [-0.05, 0) is 62.1 Å². The zero-order valence-corrected chi connectivity index (χ0v) is 22.8. The van der Waals surface area contributed by atoms with Crippen LogP contribution in [0.4, 0.5) is 16.0 Å². The Labute approximate surface area is 229 Å². The Bertz CT molecular complexity index is 1480. The van der Waals surface area contributed by atoms with Gasteiger partial charge in [0.25, 0.3) is 0 Å². The Balaban J connectivity index is 1.12. The number of piperazine rings is 1. The molecule has 0 aliphatic carbocycles. The molecule has 6 nitrogen and oxygen atoms in total. The Hall–Kier alpha value is -3.87. The maximum Gasteiger partial charge on any atom is 0.225 e. The van der Waals surface area contributed by atoms with Crippen molar-refractivity contribution in [2.24, 2.45) is 5.92 Å².